The van der Waals surface area contributed by atoms with Gasteiger partial charge >= 0.3 is 0 Å². The first kappa shape index (κ1) is 15.5. The molecule has 1 aromatic heterocycles. The number of hydrogen-bond acceptors (Lipinski definition) is 3. The number of aryl methyl sites for hydroxylation is 2. The Morgan fingerprint density at radius 2 is 1.91 bits per heavy atom. The van der Waals surface area contributed by atoms with Crippen LogP contribution < -0.4 is 10.1 Å². The zero-order chi connectivity index (χ0) is 16.1. The van der Waals surface area contributed by atoms with Crippen LogP contribution in [-0.2, 0) is 24.2 Å². The average Bonchev–Trinajstić information content (AvgIpc) is 2.60. The molecule has 4 nitrogen and oxygen atoms in total. The van der Waals surface area contributed by atoms with Crippen LogP contribution in [0.3, 0.4) is 0 Å². The van der Waals surface area contributed by atoms with E-state index >= 15 is 0 Å². The van der Waals surface area contributed by atoms with Gasteiger partial charge in [0, 0.05) is 18.9 Å². The van der Waals surface area contributed by atoms with Crippen LogP contribution in [0.1, 0.15) is 36.5 Å². The number of nitrogens with zero attached hydrogens (tertiary/aromatic N) is 1. The molecule has 1 atom stereocenters. The number of amides is 1. The monoisotopic (exact) mass is 310 g/mol. The van der Waals surface area contributed by atoms with Crippen LogP contribution in [0.4, 0.5) is 0 Å². The molecule has 0 fully saturated rings. The average molecular weight is 310 g/mol. The molecule has 120 valence electrons. The Bertz CT molecular complexity index is 670. The van der Waals surface area contributed by atoms with E-state index in [1.165, 1.54) is 24.0 Å². The number of rotatable bonds is 5. The van der Waals surface area contributed by atoms with Crippen LogP contribution in [0.25, 0.3) is 0 Å². The van der Waals surface area contributed by atoms with E-state index in [0.717, 1.165) is 24.2 Å². The fourth-order valence-electron chi connectivity index (χ4n) is 2.87. The normalized spacial score (nSPS) is 14.7. The van der Waals surface area contributed by atoms with Crippen LogP contribution in [0.5, 0.6) is 5.75 Å². The molecule has 0 saturated heterocycles. The maximum atomic E-state index is 12.2. The van der Waals surface area contributed by atoms with Crippen molar-refractivity contribution in [2.45, 2.75) is 45.3 Å². The standard InChI is InChI=1S/C19H22N2O2/c1-14(19(22)21-13-15-8-10-20-11-9-15)23-18-7-6-16-4-2-3-5-17(16)12-18/h6-12,14H,2-5,13H2,1H3,(H,21,22). The molecule has 1 N–H and O–H groups in total. The Morgan fingerprint density at radius 3 is 2.70 bits per heavy atom. The summed E-state index contributed by atoms with van der Waals surface area (Å²) in [6.07, 6.45) is 7.67. The molecule has 0 bridgehead atoms. The first-order valence-corrected chi connectivity index (χ1v) is 8.17. The molecule has 0 radical (unpaired) electrons. The highest BCUT2D eigenvalue weighted by Gasteiger charge is 2.16. The summed E-state index contributed by atoms with van der Waals surface area (Å²) >= 11 is 0. The van der Waals surface area contributed by atoms with E-state index in [2.05, 4.69) is 22.4 Å². The highest BCUT2D eigenvalue weighted by Crippen LogP contribution is 2.25. The summed E-state index contributed by atoms with van der Waals surface area (Å²) in [6, 6.07) is 9.95. The second-order valence-electron chi connectivity index (χ2n) is 5.97. The van der Waals surface area contributed by atoms with Gasteiger partial charge in [-0.1, -0.05) is 6.07 Å². The van der Waals surface area contributed by atoms with Gasteiger partial charge in [-0.05, 0) is 73.6 Å². The van der Waals surface area contributed by atoms with E-state index in [4.69, 9.17) is 4.74 Å². The maximum Gasteiger partial charge on any atom is 0.261 e. The van der Waals surface area contributed by atoms with Crippen molar-refractivity contribution >= 4 is 5.91 Å². The molecule has 2 aromatic rings. The van der Waals surface area contributed by atoms with E-state index in [0.29, 0.717) is 6.54 Å². The number of benzene rings is 1. The predicted molar refractivity (Wildman–Crippen MR) is 89.3 cm³/mol. The molecule has 4 heteroatoms. The third-order valence-corrected chi connectivity index (χ3v) is 4.22. The minimum Gasteiger partial charge on any atom is -0.481 e. The fraction of sp³-hybridized carbons (Fsp3) is 0.368. The number of carbonyl (C=O) groups is 1. The van der Waals surface area contributed by atoms with E-state index in [1.807, 2.05) is 18.2 Å². The van der Waals surface area contributed by atoms with Gasteiger partial charge in [0.2, 0.25) is 0 Å². The number of pyridine rings is 1. The van der Waals surface area contributed by atoms with Crippen molar-refractivity contribution in [2.75, 3.05) is 0 Å². The van der Waals surface area contributed by atoms with Gasteiger partial charge in [0.1, 0.15) is 5.75 Å². The zero-order valence-corrected chi connectivity index (χ0v) is 13.4. The van der Waals surface area contributed by atoms with Gasteiger partial charge in [-0.3, -0.25) is 9.78 Å². The highest BCUT2D eigenvalue weighted by molar-refractivity contribution is 5.80. The van der Waals surface area contributed by atoms with E-state index in [-0.39, 0.29) is 5.91 Å². The largest absolute Gasteiger partial charge is 0.481 e. The first-order chi connectivity index (χ1) is 11.2. The second-order valence-corrected chi connectivity index (χ2v) is 5.97. The van der Waals surface area contributed by atoms with Gasteiger partial charge in [-0.25, -0.2) is 0 Å². The number of carbonyl (C=O) groups excluding carboxylic acids is 1. The highest BCUT2D eigenvalue weighted by atomic mass is 16.5. The minimum absolute atomic E-state index is 0.112. The molecule has 0 saturated carbocycles. The number of aromatic nitrogens is 1. The third-order valence-electron chi connectivity index (χ3n) is 4.22. The molecule has 1 aliphatic carbocycles. The molecule has 1 unspecified atom stereocenters. The summed E-state index contributed by atoms with van der Waals surface area (Å²) in [7, 11) is 0. The SMILES string of the molecule is CC(Oc1ccc2c(c1)CCCC2)C(=O)NCc1ccncc1. The summed E-state index contributed by atoms with van der Waals surface area (Å²) in [4.78, 5) is 16.1. The molecule has 1 amide bonds. The van der Waals surface area contributed by atoms with Crippen LogP contribution in [-0.4, -0.2) is 17.0 Å². The smallest absolute Gasteiger partial charge is 0.261 e. The van der Waals surface area contributed by atoms with E-state index in [1.54, 1.807) is 19.3 Å². The summed E-state index contributed by atoms with van der Waals surface area (Å²) < 4.78 is 5.81. The number of hydrogen-bond donors (Lipinski definition) is 1. The van der Waals surface area contributed by atoms with Gasteiger partial charge in [-0.15, -0.1) is 0 Å². The lowest BCUT2D eigenvalue weighted by molar-refractivity contribution is -0.127. The molecular weight excluding hydrogens is 288 g/mol. The lowest BCUT2D eigenvalue weighted by Gasteiger charge is -2.19. The summed E-state index contributed by atoms with van der Waals surface area (Å²) in [6.45, 7) is 2.26. The summed E-state index contributed by atoms with van der Waals surface area (Å²) in [5, 5.41) is 2.89. The number of nitrogens with one attached hydrogen (secondary N) is 1. The zero-order valence-electron chi connectivity index (χ0n) is 13.4. The Hall–Kier alpha value is -2.36. The van der Waals surface area contributed by atoms with Gasteiger partial charge in [0.05, 0.1) is 0 Å². The number of ether oxygens (including phenoxy) is 1. The van der Waals surface area contributed by atoms with Crippen LogP contribution in [0.2, 0.25) is 0 Å². The van der Waals surface area contributed by atoms with Crippen molar-refractivity contribution in [2.24, 2.45) is 0 Å². The van der Waals surface area contributed by atoms with Crippen molar-refractivity contribution in [1.29, 1.82) is 0 Å². The van der Waals surface area contributed by atoms with E-state index < -0.39 is 6.10 Å². The van der Waals surface area contributed by atoms with Crippen LogP contribution in [0, 0.1) is 0 Å². The summed E-state index contributed by atoms with van der Waals surface area (Å²) in [5.74, 6) is 0.664. The second kappa shape index (κ2) is 7.27. The Kier molecular flexibility index (Phi) is 4.91. The molecule has 1 aliphatic rings. The Labute approximate surface area is 136 Å². The molecular formula is C19H22N2O2. The Morgan fingerprint density at radius 1 is 1.17 bits per heavy atom. The van der Waals surface area contributed by atoms with Crippen molar-refractivity contribution in [1.82, 2.24) is 10.3 Å². The van der Waals surface area contributed by atoms with E-state index in [9.17, 15) is 4.79 Å². The summed E-state index contributed by atoms with van der Waals surface area (Å²) in [5.41, 5.74) is 3.80. The van der Waals surface area contributed by atoms with Crippen molar-refractivity contribution < 1.29 is 9.53 Å². The van der Waals surface area contributed by atoms with Crippen LogP contribution >= 0.6 is 0 Å². The van der Waals surface area contributed by atoms with Crippen molar-refractivity contribution in [3.8, 4) is 5.75 Å². The molecule has 3 rings (SSSR count). The minimum atomic E-state index is -0.515. The predicted octanol–water partition coefficient (Wildman–Crippen LogP) is 3.04. The van der Waals surface area contributed by atoms with Gasteiger partial charge in [0.15, 0.2) is 6.10 Å². The van der Waals surface area contributed by atoms with Gasteiger partial charge in [0.25, 0.3) is 5.91 Å². The van der Waals surface area contributed by atoms with Crippen molar-refractivity contribution in [3.63, 3.8) is 0 Å². The van der Waals surface area contributed by atoms with Crippen molar-refractivity contribution in [3.05, 3.63) is 59.4 Å². The quantitative estimate of drug-likeness (QED) is 0.923. The first-order valence-electron chi connectivity index (χ1n) is 8.17. The Balaban J connectivity index is 1.55. The van der Waals surface area contributed by atoms with Crippen LogP contribution in [0.15, 0.2) is 42.7 Å². The number of fused-ring (bicyclic) bond motifs is 1. The maximum absolute atomic E-state index is 12.2. The van der Waals surface area contributed by atoms with Gasteiger partial charge < -0.3 is 10.1 Å². The lowest BCUT2D eigenvalue weighted by Crippen LogP contribution is -2.35. The molecule has 1 aromatic carbocycles. The fourth-order valence-corrected chi connectivity index (χ4v) is 2.87. The topological polar surface area (TPSA) is 51.2 Å². The van der Waals surface area contributed by atoms with Gasteiger partial charge in [-0.2, -0.15) is 0 Å². The third kappa shape index (κ3) is 4.09. The molecule has 23 heavy (non-hydrogen) atoms. The lowest BCUT2D eigenvalue weighted by atomic mass is 9.92. The molecule has 0 spiro atoms. The molecule has 0 aliphatic heterocycles. The molecule has 1 heterocycles.